The van der Waals surface area contributed by atoms with Crippen LogP contribution in [0, 0.1) is 6.92 Å². The van der Waals surface area contributed by atoms with E-state index in [1.165, 1.54) is 22.9 Å². The van der Waals surface area contributed by atoms with Crippen molar-refractivity contribution in [1.82, 2.24) is 19.6 Å². The molecule has 27 heavy (non-hydrogen) atoms. The molecule has 0 atom stereocenters. The van der Waals surface area contributed by atoms with Gasteiger partial charge in [-0.1, -0.05) is 35.1 Å². The number of aryl methyl sites for hydroxylation is 1. The molecule has 9 heteroatoms. The van der Waals surface area contributed by atoms with E-state index in [0.717, 1.165) is 5.69 Å². The Bertz CT molecular complexity index is 951. The van der Waals surface area contributed by atoms with Crippen LogP contribution in [0.25, 0.3) is 5.69 Å². The first-order chi connectivity index (χ1) is 13.0. The first kappa shape index (κ1) is 18.7. The number of hydrogen-bond acceptors (Lipinski definition) is 6. The summed E-state index contributed by atoms with van der Waals surface area (Å²) in [6, 6.07) is 11.1. The quantitative estimate of drug-likeness (QED) is 0.656. The lowest BCUT2D eigenvalue weighted by Gasteiger charge is -2.18. The van der Waals surface area contributed by atoms with Crippen LogP contribution in [-0.2, 0) is 4.79 Å². The maximum atomic E-state index is 12.9. The van der Waals surface area contributed by atoms with Crippen LogP contribution in [0.5, 0.6) is 0 Å². The van der Waals surface area contributed by atoms with E-state index < -0.39 is 0 Å². The van der Waals surface area contributed by atoms with Gasteiger partial charge in [-0.15, -0.1) is 0 Å². The number of benzene rings is 1. The van der Waals surface area contributed by atoms with E-state index in [2.05, 4.69) is 15.5 Å². The van der Waals surface area contributed by atoms with Crippen molar-refractivity contribution >= 4 is 29.4 Å². The Balaban J connectivity index is 1.77. The molecule has 0 spiro atoms. The highest BCUT2D eigenvalue weighted by molar-refractivity contribution is 7.98. The van der Waals surface area contributed by atoms with Crippen LogP contribution in [0.1, 0.15) is 16.2 Å². The number of likely N-dealkylation sites (N-methyl/N-ethyl adjacent to an activating group) is 1. The van der Waals surface area contributed by atoms with Crippen LogP contribution in [0.2, 0.25) is 0 Å². The first-order valence-electron chi connectivity index (χ1n) is 8.15. The fourth-order valence-corrected chi connectivity index (χ4v) is 3.09. The molecule has 0 aliphatic carbocycles. The number of imidazole rings is 1. The van der Waals surface area contributed by atoms with Gasteiger partial charge in [0.2, 0.25) is 5.91 Å². The van der Waals surface area contributed by atoms with Gasteiger partial charge >= 0.3 is 0 Å². The highest BCUT2D eigenvalue weighted by Gasteiger charge is 2.22. The zero-order chi connectivity index (χ0) is 19.4. The van der Waals surface area contributed by atoms with Crippen molar-refractivity contribution in [3.05, 3.63) is 54.0 Å². The Morgan fingerprint density at radius 1 is 1.30 bits per heavy atom. The number of carbonyl (C=O) groups is 2. The van der Waals surface area contributed by atoms with E-state index in [-0.39, 0.29) is 18.4 Å². The number of nitrogens with zero attached hydrogens (tertiary/aromatic N) is 4. The van der Waals surface area contributed by atoms with Crippen molar-refractivity contribution in [2.24, 2.45) is 0 Å². The van der Waals surface area contributed by atoms with Gasteiger partial charge < -0.3 is 14.7 Å². The number of rotatable bonds is 6. The maximum absolute atomic E-state index is 12.9. The van der Waals surface area contributed by atoms with Crippen molar-refractivity contribution < 1.29 is 14.1 Å². The van der Waals surface area contributed by atoms with E-state index in [0.29, 0.717) is 22.4 Å². The van der Waals surface area contributed by atoms with E-state index in [1.54, 1.807) is 24.6 Å². The van der Waals surface area contributed by atoms with E-state index in [4.69, 9.17) is 4.52 Å². The van der Waals surface area contributed by atoms with Crippen LogP contribution in [0.4, 0.5) is 5.82 Å². The Morgan fingerprint density at radius 3 is 2.67 bits per heavy atom. The minimum atomic E-state index is -0.366. The number of nitrogens with one attached hydrogen (secondary N) is 1. The Labute approximate surface area is 160 Å². The third-order valence-corrected chi connectivity index (χ3v) is 4.42. The van der Waals surface area contributed by atoms with Gasteiger partial charge in [-0.05, 0) is 25.3 Å². The van der Waals surface area contributed by atoms with Crippen molar-refractivity contribution in [2.75, 3.05) is 25.2 Å². The summed E-state index contributed by atoms with van der Waals surface area (Å²) in [4.78, 5) is 30.7. The molecule has 0 aliphatic rings. The monoisotopic (exact) mass is 385 g/mol. The third-order valence-electron chi connectivity index (χ3n) is 3.77. The van der Waals surface area contributed by atoms with Crippen molar-refractivity contribution in [3.8, 4) is 5.69 Å². The molecule has 2 aromatic heterocycles. The van der Waals surface area contributed by atoms with Crippen molar-refractivity contribution in [3.63, 3.8) is 0 Å². The number of para-hydroxylation sites is 1. The summed E-state index contributed by atoms with van der Waals surface area (Å²) < 4.78 is 6.69. The summed E-state index contributed by atoms with van der Waals surface area (Å²) in [6.07, 6.45) is 3.42. The molecule has 1 aromatic carbocycles. The number of hydrogen-bond donors (Lipinski definition) is 1. The maximum Gasteiger partial charge on any atom is 0.272 e. The molecular weight excluding hydrogens is 366 g/mol. The van der Waals surface area contributed by atoms with Gasteiger partial charge in [0.1, 0.15) is 11.5 Å². The summed E-state index contributed by atoms with van der Waals surface area (Å²) >= 11 is 1.44. The molecule has 2 heterocycles. The first-order valence-corrected chi connectivity index (χ1v) is 9.38. The van der Waals surface area contributed by atoms with Crippen molar-refractivity contribution in [1.29, 1.82) is 0 Å². The van der Waals surface area contributed by atoms with Gasteiger partial charge in [0.05, 0.1) is 12.7 Å². The summed E-state index contributed by atoms with van der Waals surface area (Å²) in [6.45, 7) is 1.60. The molecule has 3 aromatic rings. The van der Waals surface area contributed by atoms with Gasteiger partial charge in [0.15, 0.2) is 11.0 Å². The van der Waals surface area contributed by atoms with Gasteiger partial charge in [0.25, 0.3) is 5.91 Å². The molecule has 0 aliphatic heterocycles. The van der Waals surface area contributed by atoms with Gasteiger partial charge in [-0.2, -0.15) is 0 Å². The molecule has 2 amide bonds. The lowest BCUT2D eigenvalue weighted by molar-refractivity contribution is -0.116. The van der Waals surface area contributed by atoms with Gasteiger partial charge in [0, 0.05) is 18.8 Å². The standard InChI is InChI=1S/C18H19N5O3S/c1-12-9-15(21-26-12)20-16(24)11-22(2)17(25)14-10-19-18(27-3)23(14)13-7-5-4-6-8-13/h4-10H,11H2,1-3H3,(H,20,21,24). The molecule has 1 N–H and O–H groups in total. The second-order valence-electron chi connectivity index (χ2n) is 5.83. The summed E-state index contributed by atoms with van der Waals surface area (Å²) in [7, 11) is 1.57. The highest BCUT2D eigenvalue weighted by atomic mass is 32.2. The smallest absolute Gasteiger partial charge is 0.272 e. The zero-order valence-corrected chi connectivity index (χ0v) is 16.0. The van der Waals surface area contributed by atoms with Gasteiger partial charge in [-0.3, -0.25) is 14.2 Å². The average Bonchev–Trinajstić information content (AvgIpc) is 3.27. The largest absolute Gasteiger partial charge is 0.360 e. The number of thioether (sulfide) groups is 1. The van der Waals surface area contributed by atoms with Crippen LogP contribution in [0.15, 0.2) is 52.3 Å². The van der Waals surface area contributed by atoms with Crippen LogP contribution >= 0.6 is 11.8 Å². The SMILES string of the molecule is CSc1ncc(C(=O)N(C)CC(=O)Nc2cc(C)on2)n1-c1ccccc1. The molecule has 0 fully saturated rings. The van der Waals surface area contributed by atoms with Crippen molar-refractivity contribution in [2.45, 2.75) is 12.1 Å². The number of anilines is 1. The lowest BCUT2D eigenvalue weighted by Crippen LogP contribution is -2.35. The molecule has 0 saturated heterocycles. The second kappa shape index (κ2) is 8.09. The van der Waals surface area contributed by atoms with Crippen LogP contribution in [0.3, 0.4) is 0 Å². The fourth-order valence-electron chi connectivity index (χ4n) is 2.55. The minimum absolute atomic E-state index is 0.126. The second-order valence-corrected chi connectivity index (χ2v) is 6.61. The fraction of sp³-hybridized carbons (Fsp3) is 0.222. The topological polar surface area (TPSA) is 93.3 Å². The molecule has 3 rings (SSSR count). The summed E-state index contributed by atoms with van der Waals surface area (Å²) in [5.41, 5.74) is 1.22. The number of aromatic nitrogens is 3. The van der Waals surface area contributed by atoms with Crippen LogP contribution < -0.4 is 5.32 Å². The molecule has 0 radical (unpaired) electrons. The summed E-state index contributed by atoms with van der Waals surface area (Å²) in [5.74, 6) is 0.233. The van der Waals surface area contributed by atoms with E-state index in [1.807, 2.05) is 36.6 Å². The average molecular weight is 385 g/mol. The Morgan fingerprint density at radius 2 is 2.04 bits per heavy atom. The highest BCUT2D eigenvalue weighted by Crippen LogP contribution is 2.22. The summed E-state index contributed by atoms with van der Waals surface area (Å²) in [5, 5.41) is 7.00. The number of amides is 2. The molecular formula is C18H19N5O3S. The third kappa shape index (κ3) is 4.20. The zero-order valence-electron chi connectivity index (χ0n) is 15.2. The van der Waals surface area contributed by atoms with E-state index in [9.17, 15) is 9.59 Å². The molecule has 0 unspecified atom stereocenters. The van der Waals surface area contributed by atoms with Crippen LogP contribution in [-0.4, -0.2) is 51.3 Å². The predicted molar refractivity (Wildman–Crippen MR) is 102 cm³/mol. The normalized spacial score (nSPS) is 10.6. The number of carbonyl (C=O) groups excluding carboxylic acids is 2. The van der Waals surface area contributed by atoms with E-state index >= 15 is 0 Å². The lowest BCUT2D eigenvalue weighted by atomic mass is 10.3. The predicted octanol–water partition coefficient (Wildman–Crippen LogP) is 2.60. The minimum Gasteiger partial charge on any atom is -0.360 e. The molecule has 0 bridgehead atoms. The molecule has 140 valence electrons. The van der Waals surface area contributed by atoms with Gasteiger partial charge in [-0.25, -0.2) is 4.98 Å². The molecule has 8 nitrogen and oxygen atoms in total. The Kier molecular flexibility index (Phi) is 5.60. The molecule has 0 saturated carbocycles. The Hall–Kier alpha value is -3.07.